The average molecular weight is 539 g/mol. The number of nitrogens with two attached hydrogens (primary N) is 1. The maximum absolute atomic E-state index is 14.4. The average Bonchev–Trinajstić information content (AvgIpc) is 3.57. The van der Waals surface area contributed by atoms with Crippen molar-refractivity contribution in [1.82, 2.24) is 24.5 Å². The molecule has 1 aliphatic rings. The molecule has 0 saturated carbocycles. The highest BCUT2D eigenvalue weighted by Gasteiger charge is 2.28. The Kier molecular flexibility index (Phi) is 6.52. The molecule has 3 N–H and O–H groups in total. The second kappa shape index (κ2) is 10.2. The molecule has 0 amide bonds. The first kappa shape index (κ1) is 25.6. The summed E-state index contributed by atoms with van der Waals surface area (Å²) in [4.78, 5) is 19.3. The number of nitrogens with zero attached hydrogens (tertiary/aromatic N) is 6. The van der Waals surface area contributed by atoms with Crippen LogP contribution in [0.5, 0.6) is 0 Å². The van der Waals surface area contributed by atoms with E-state index in [0.717, 1.165) is 46.8 Å². The molecule has 6 rings (SSSR count). The highest BCUT2D eigenvalue weighted by Crippen LogP contribution is 2.44. The van der Waals surface area contributed by atoms with Gasteiger partial charge in [-0.15, -0.1) is 0 Å². The number of halogens is 2. The third-order valence-corrected chi connectivity index (χ3v) is 7.57. The molecule has 1 unspecified atom stereocenters. The van der Waals surface area contributed by atoms with Gasteiger partial charge in [-0.3, -0.25) is 4.98 Å². The number of benzene rings is 1. The highest BCUT2D eigenvalue weighted by atomic mass is 19.1. The van der Waals surface area contributed by atoms with Gasteiger partial charge in [0.15, 0.2) is 0 Å². The zero-order valence-electron chi connectivity index (χ0n) is 22.2. The van der Waals surface area contributed by atoms with Gasteiger partial charge in [-0.25, -0.2) is 18.7 Å². The minimum Gasteiger partial charge on any atom is -0.370 e. The smallest absolute Gasteiger partial charge is 0.143 e. The SMILES string of the molecule is Cc1ccc(C(C)n2cc(-c3ncc(C#N)[nH]3)c3c(N4CCC(N)CC4)c(-c4cc(F)cc(F)c4)cnc32)nc1. The summed E-state index contributed by atoms with van der Waals surface area (Å²) in [7, 11) is 0. The fourth-order valence-corrected chi connectivity index (χ4v) is 5.43. The van der Waals surface area contributed by atoms with Crippen LogP contribution in [0.25, 0.3) is 33.5 Å². The Hall–Kier alpha value is -4.62. The number of fused-ring (bicyclic) bond motifs is 1. The van der Waals surface area contributed by atoms with Crippen molar-refractivity contribution < 1.29 is 8.78 Å². The zero-order chi connectivity index (χ0) is 28.0. The Bertz CT molecular complexity index is 1720. The second-order valence-corrected chi connectivity index (χ2v) is 10.3. The first-order chi connectivity index (χ1) is 19.3. The number of anilines is 1. The van der Waals surface area contributed by atoms with Crippen molar-refractivity contribution in [2.24, 2.45) is 5.73 Å². The van der Waals surface area contributed by atoms with Crippen LogP contribution in [0.15, 0.2) is 55.1 Å². The molecule has 5 aromatic rings. The number of nitrogens with one attached hydrogen (secondary N) is 1. The molecule has 1 aliphatic heterocycles. The van der Waals surface area contributed by atoms with Crippen LogP contribution < -0.4 is 10.6 Å². The Morgan fingerprint density at radius 2 is 1.77 bits per heavy atom. The maximum Gasteiger partial charge on any atom is 0.143 e. The van der Waals surface area contributed by atoms with Crippen LogP contribution >= 0.6 is 0 Å². The van der Waals surface area contributed by atoms with Crippen molar-refractivity contribution in [3.63, 3.8) is 0 Å². The lowest BCUT2D eigenvalue weighted by Gasteiger charge is -2.34. The van der Waals surface area contributed by atoms with Crippen molar-refractivity contribution in [2.45, 2.75) is 38.8 Å². The van der Waals surface area contributed by atoms with Crippen molar-refractivity contribution in [3.8, 4) is 28.6 Å². The monoisotopic (exact) mass is 538 g/mol. The van der Waals surface area contributed by atoms with Gasteiger partial charge < -0.3 is 20.2 Å². The number of rotatable bonds is 5. The molecule has 0 spiro atoms. The second-order valence-electron chi connectivity index (χ2n) is 10.3. The van der Waals surface area contributed by atoms with Crippen LogP contribution in [0.1, 0.15) is 42.8 Å². The third-order valence-electron chi connectivity index (χ3n) is 7.57. The molecule has 10 heteroatoms. The molecule has 1 fully saturated rings. The number of H-pyrrole nitrogens is 1. The normalized spacial score (nSPS) is 14.9. The van der Waals surface area contributed by atoms with E-state index in [4.69, 9.17) is 10.7 Å². The number of aromatic amines is 1. The van der Waals surface area contributed by atoms with E-state index in [1.165, 1.54) is 18.3 Å². The standard InChI is InChI=1S/C30H28F2N8/c1-17-3-4-26(35-13-17)18(2)40-16-25(29-36-14-23(12-33)38-29)27-28(39-7-5-22(34)6-8-39)24(15-37-30(27)40)19-9-20(31)11-21(32)10-19/h3-4,9-11,13-16,18,22H,5-8,34H2,1-2H3,(H,36,38). The number of nitriles is 1. The molecule has 40 heavy (non-hydrogen) atoms. The molecular formula is C30H28F2N8. The lowest BCUT2D eigenvalue weighted by atomic mass is 9.98. The summed E-state index contributed by atoms with van der Waals surface area (Å²) in [5.41, 5.74) is 11.7. The number of aryl methyl sites for hydroxylation is 1. The molecule has 0 aliphatic carbocycles. The lowest BCUT2D eigenvalue weighted by molar-refractivity contribution is 0.502. The van der Waals surface area contributed by atoms with Crippen LogP contribution in [0, 0.1) is 29.9 Å². The van der Waals surface area contributed by atoms with E-state index in [-0.39, 0.29) is 12.1 Å². The Morgan fingerprint density at radius 3 is 2.42 bits per heavy atom. The van der Waals surface area contributed by atoms with Crippen molar-refractivity contribution in [1.29, 1.82) is 5.26 Å². The van der Waals surface area contributed by atoms with Crippen LogP contribution in [0.2, 0.25) is 0 Å². The van der Waals surface area contributed by atoms with Crippen molar-refractivity contribution in [2.75, 3.05) is 18.0 Å². The van der Waals surface area contributed by atoms with Gasteiger partial charge in [0.25, 0.3) is 0 Å². The fraction of sp³-hybridized carbons (Fsp3) is 0.267. The predicted octanol–water partition coefficient (Wildman–Crippen LogP) is 5.48. The Morgan fingerprint density at radius 1 is 1.02 bits per heavy atom. The summed E-state index contributed by atoms with van der Waals surface area (Å²) < 4.78 is 30.9. The molecule has 4 aromatic heterocycles. The quantitative estimate of drug-likeness (QED) is 0.306. The summed E-state index contributed by atoms with van der Waals surface area (Å²) in [6.45, 7) is 5.38. The van der Waals surface area contributed by atoms with Gasteiger partial charge >= 0.3 is 0 Å². The van der Waals surface area contributed by atoms with Crippen LogP contribution in [0.3, 0.4) is 0 Å². The first-order valence-electron chi connectivity index (χ1n) is 13.2. The molecule has 5 heterocycles. The number of hydrogen-bond donors (Lipinski definition) is 2. The van der Waals surface area contributed by atoms with Gasteiger partial charge in [0.1, 0.15) is 34.9 Å². The fourth-order valence-electron chi connectivity index (χ4n) is 5.43. The van der Waals surface area contributed by atoms with E-state index >= 15 is 0 Å². The predicted molar refractivity (Wildman–Crippen MR) is 150 cm³/mol. The summed E-state index contributed by atoms with van der Waals surface area (Å²) in [6, 6.07) is 9.51. The van der Waals surface area contributed by atoms with Gasteiger partial charge in [-0.2, -0.15) is 5.26 Å². The van der Waals surface area contributed by atoms with E-state index < -0.39 is 11.6 Å². The molecule has 1 saturated heterocycles. The topological polar surface area (TPSA) is 112 Å². The number of imidazole rings is 1. The Balaban J connectivity index is 1.66. The van der Waals surface area contributed by atoms with Crippen LogP contribution in [0.4, 0.5) is 14.5 Å². The molecule has 0 bridgehead atoms. The van der Waals surface area contributed by atoms with E-state index in [1.54, 1.807) is 6.20 Å². The number of pyridine rings is 2. The maximum atomic E-state index is 14.4. The van der Waals surface area contributed by atoms with Gasteiger partial charge in [-0.05, 0) is 56.0 Å². The largest absolute Gasteiger partial charge is 0.370 e. The van der Waals surface area contributed by atoms with Crippen molar-refractivity contribution >= 4 is 16.7 Å². The van der Waals surface area contributed by atoms with Gasteiger partial charge in [0, 0.05) is 54.9 Å². The Labute approximate surface area is 230 Å². The van der Waals surface area contributed by atoms with Gasteiger partial charge in [0.2, 0.25) is 0 Å². The molecule has 1 aromatic carbocycles. The molecule has 0 radical (unpaired) electrons. The van der Waals surface area contributed by atoms with Crippen LogP contribution in [-0.4, -0.2) is 43.6 Å². The number of aromatic nitrogens is 5. The van der Waals surface area contributed by atoms with Gasteiger partial charge in [-0.1, -0.05) is 6.07 Å². The minimum absolute atomic E-state index is 0.0867. The third kappa shape index (κ3) is 4.58. The molecular weight excluding hydrogens is 510 g/mol. The highest BCUT2D eigenvalue weighted by molar-refractivity contribution is 6.07. The van der Waals surface area contributed by atoms with Crippen LogP contribution in [-0.2, 0) is 0 Å². The molecule has 202 valence electrons. The summed E-state index contributed by atoms with van der Waals surface area (Å²) in [6.07, 6.45) is 8.51. The zero-order valence-corrected chi connectivity index (χ0v) is 22.2. The van der Waals surface area contributed by atoms with E-state index in [0.29, 0.717) is 41.4 Å². The molecule has 1 atom stereocenters. The van der Waals surface area contributed by atoms with E-state index in [2.05, 4.69) is 25.9 Å². The van der Waals surface area contributed by atoms with E-state index in [1.807, 2.05) is 42.9 Å². The number of piperidine rings is 1. The van der Waals surface area contributed by atoms with Gasteiger partial charge in [0.05, 0.1) is 29.0 Å². The summed E-state index contributed by atoms with van der Waals surface area (Å²) in [5.74, 6) is -0.824. The lowest BCUT2D eigenvalue weighted by Crippen LogP contribution is -2.40. The summed E-state index contributed by atoms with van der Waals surface area (Å²) >= 11 is 0. The number of hydrogen-bond acceptors (Lipinski definition) is 6. The van der Waals surface area contributed by atoms with Crippen molar-refractivity contribution in [3.05, 3.63) is 83.7 Å². The van der Waals surface area contributed by atoms with E-state index in [9.17, 15) is 14.0 Å². The minimum atomic E-state index is -0.664. The summed E-state index contributed by atoms with van der Waals surface area (Å²) in [5, 5.41) is 10.2. The molecule has 8 nitrogen and oxygen atoms in total. The first-order valence-corrected chi connectivity index (χ1v) is 13.2.